The molecule has 1 aromatic carbocycles. The third kappa shape index (κ3) is 7.11. The van der Waals surface area contributed by atoms with Crippen molar-refractivity contribution in [1.29, 1.82) is 0 Å². The second-order valence-electron chi connectivity index (χ2n) is 9.20. The predicted molar refractivity (Wildman–Crippen MR) is 136 cm³/mol. The summed E-state index contributed by atoms with van der Waals surface area (Å²) in [5.74, 6) is -1.13. The lowest BCUT2D eigenvalue weighted by atomic mass is 9.71. The summed E-state index contributed by atoms with van der Waals surface area (Å²) in [6, 6.07) is 4.71. The van der Waals surface area contributed by atoms with Crippen molar-refractivity contribution in [3.05, 3.63) is 54.1 Å². The lowest BCUT2D eigenvalue weighted by Crippen LogP contribution is -2.52. The first-order chi connectivity index (χ1) is 17.2. The Bertz CT molecular complexity index is 1110. The molecule has 1 heterocycles. The van der Waals surface area contributed by atoms with E-state index in [1.165, 1.54) is 12.1 Å². The zero-order valence-electron chi connectivity index (χ0n) is 20.8. The molecule has 1 aliphatic carbocycles. The van der Waals surface area contributed by atoms with Crippen LogP contribution in [0.3, 0.4) is 0 Å². The van der Waals surface area contributed by atoms with Gasteiger partial charge in [-0.1, -0.05) is 42.0 Å². The van der Waals surface area contributed by atoms with E-state index in [1.54, 1.807) is 31.2 Å². The number of sulfonamides is 1. The molecule has 0 spiro atoms. The summed E-state index contributed by atoms with van der Waals surface area (Å²) in [7, 11) is -4.07. The van der Waals surface area contributed by atoms with Crippen molar-refractivity contribution < 1.29 is 27.5 Å². The molecule has 1 fully saturated rings. The van der Waals surface area contributed by atoms with Crippen LogP contribution in [0.2, 0.25) is 0 Å². The van der Waals surface area contributed by atoms with Crippen molar-refractivity contribution in [2.75, 3.05) is 19.7 Å². The van der Waals surface area contributed by atoms with Crippen molar-refractivity contribution in [3.63, 3.8) is 0 Å². The van der Waals surface area contributed by atoms with Crippen LogP contribution in [0, 0.1) is 12.3 Å². The fraction of sp³-hybridized carbons (Fsp3) is 0.500. The normalized spacial score (nSPS) is 22.2. The van der Waals surface area contributed by atoms with E-state index in [0.717, 1.165) is 18.5 Å². The molecule has 1 saturated heterocycles. The number of benzene rings is 1. The van der Waals surface area contributed by atoms with Crippen LogP contribution in [-0.2, 0) is 29.1 Å². The largest absolute Gasteiger partial charge is 0.466 e. The summed E-state index contributed by atoms with van der Waals surface area (Å²) >= 11 is 0. The van der Waals surface area contributed by atoms with Crippen LogP contribution in [-0.4, -0.2) is 57.9 Å². The van der Waals surface area contributed by atoms with Gasteiger partial charge in [-0.15, -0.1) is 0 Å². The fourth-order valence-electron chi connectivity index (χ4n) is 4.52. The van der Waals surface area contributed by atoms with Crippen molar-refractivity contribution in [2.24, 2.45) is 5.41 Å². The molecule has 1 aliphatic heterocycles. The summed E-state index contributed by atoms with van der Waals surface area (Å²) in [5.41, 5.74) is -0.148. The predicted octanol–water partition coefficient (Wildman–Crippen LogP) is 1.93. The van der Waals surface area contributed by atoms with E-state index in [-0.39, 0.29) is 42.7 Å². The number of ketones is 1. The van der Waals surface area contributed by atoms with Gasteiger partial charge in [0.15, 0.2) is 5.78 Å². The zero-order valence-corrected chi connectivity index (χ0v) is 21.6. The van der Waals surface area contributed by atoms with E-state index in [2.05, 4.69) is 15.4 Å². The standard InChI is InChI=1S/C26H35N3O6S/c1-3-35-23(30)13-17-28-25(32)22(29-36(33,34)20-11-9-19(2)10-12-20)18-26(14-5-4-6-15-26)24(31)21-8-7-16-27-21/h4-6,9-12,14,21-22,27,29H,3,7-8,13,15-18H2,1-2H3,(H,28,32)/t21-,22?,26?/m0/s1. The van der Waals surface area contributed by atoms with E-state index in [9.17, 15) is 22.8 Å². The van der Waals surface area contributed by atoms with Gasteiger partial charge in [0.05, 0.1) is 29.4 Å². The number of carbonyl (C=O) groups is 3. The Morgan fingerprint density at radius 3 is 2.56 bits per heavy atom. The second kappa shape index (κ2) is 12.4. The van der Waals surface area contributed by atoms with Crippen molar-refractivity contribution in [1.82, 2.24) is 15.4 Å². The van der Waals surface area contributed by atoms with Crippen LogP contribution in [0.1, 0.15) is 44.6 Å². The first kappa shape index (κ1) is 27.8. The molecule has 3 rings (SSSR count). The van der Waals surface area contributed by atoms with E-state index in [4.69, 9.17) is 4.74 Å². The molecule has 196 valence electrons. The number of esters is 1. The lowest BCUT2D eigenvalue weighted by Gasteiger charge is -2.35. The van der Waals surface area contributed by atoms with E-state index in [0.29, 0.717) is 12.8 Å². The molecular weight excluding hydrogens is 482 g/mol. The van der Waals surface area contributed by atoms with Crippen molar-refractivity contribution in [2.45, 2.75) is 62.9 Å². The third-order valence-electron chi connectivity index (χ3n) is 6.46. The third-order valence-corrected chi connectivity index (χ3v) is 7.95. The highest BCUT2D eigenvalue weighted by Gasteiger charge is 2.44. The lowest BCUT2D eigenvalue weighted by molar-refractivity contribution is -0.143. The van der Waals surface area contributed by atoms with Crippen molar-refractivity contribution in [3.8, 4) is 0 Å². The summed E-state index contributed by atoms with van der Waals surface area (Å²) < 4.78 is 33.8. The quantitative estimate of drug-likeness (QED) is 0.361. The maximum atomic E-state index is 13.6. The van der Waals surface area contributed by atoms with Gasteiger partial charge in [0, 0.05) is 6.54 Å². The number of ether oxygens (including phenoxy) is 1. The van der Waals surface area contributed by atoms with Gasteiger partial charge >= 0.3 is 5.97 Å². The Kier molecular flexibility index (Phi) is 9.58. The molecule has 3 N–H and O–H groups in total. The molecular formula is C26H35N3O6S. The number of carbonyl (C=O) groups excluding carboxylic acids is 3. The minimum absolute atomic E-state index is 0.0126. The van der Waals surface area contributed by atoms with Gasteiger partial charge in [0.1, 0.15) is 6.04 Å². The Morgan fingerprint density at radius 2 is 1.94 bits per heavy atom. The van der Waals surface area contributed by atoms with Gasteiger partial charge in [0.25, 0.3) is 0 Å². The highest BCUT2D eigenvalue weighted by molar-refractivity contribution is 7.89. The van der Waals surface area contributed by atoms with Crippen LogP contribution in [0.15, 0.2) is 53.5 Å². The fourth-order valence-corrected chi connectivity index (χ4v) is 5.72. The van der Waals surface area contributed by atoms with Crippen LogP contribution in [0.4, 0.5) is 0 Å². The van der Waals surface area contributed by atoms with E-state index in [1.807, 2.05) is 19.1 Å². The Hall–Kier alpha value is -2.82. The second-order valence-corrected chi connectivity index (χ2v) is 10.9. The minimum Gasteiger partial charge on any atom is -0.466 e. The van der Waals surface area contributed by atoms with Gasteiger partial charge in [-0.3, -0.25) is 14.4 Å². The molecule has 0 radical (unpaired) electrons. The molecule has 0 aromatic heterocycles. The van der Waals surface area contributed by atoms with Crippen LogP contribution in [0.25, 0.3) is 0 Å². The molecule has 36 heavy (non-hydrogen) atoms. The first-order valence-electron chi connectivity index (χ1n) is 12.3. The Morgan fingerprint density at radius 1 is 1.19 bits per heavy atom. The minimum atomic E-state index is -4.07. The van der Waals surface area contributed by atoms with Gasteiger partial charge in [0.2, 0.25) is 15.9 Å². The average molecular weight is 518 g/mol. The molecule has 3 atom stereocenters. The summed E-state index contributed by atoms with van der Waals surface area (Å²) in [5, 5.41) is 5.86. The van der Waals surface area contributed by atoms with Crippen LogP contribution >= 0.6 is 0 Å². The number of nitrogens with one attached hydrogen (secondary N) is 3. The van der Waals surface area contributed by atoms with Gasteiger partial charge in [-0.2, -0.15) is 4.72 Å². The number of rotatable bonds is 12. The molecule has 9 nitrogen and oxygen atoms in total. The molecule has 0 saturated carbocycles. The SMILES string of the molecule is CCOC(=O)CCNC(=O)C(CC1(C(=O)[C@@H]2CCCN2)C=CC=CC1)NS(=O)(=O)c1ccc(C)cc1. The van der Waals surface area contributed by atoms with E-state index < -0.39 is 33.4 Å². The van der Waals surface area contributed by atoms with Gasteiger partial charge in [-0.05, 0) is 58.2 Å². The number of hydrogen-bond donors (Lipinski definition) is 3. The van der Waals surface area contributed by atoms with Gasteiger partial charge in [-0.25, -0.2) is 8.42 Å². The smallest absolute Gasteiger partial charge is 0.307 e. The number of amides is 1. The van der Waals surface area contributed by atoms with Crippen LogP contribution < -0.4 is 15.4 Å². The van der Waals surface area contributed by atoms with Crippen LogP contribution in [0.5, 0.6) is 0 Å². The molecule has 1 amide bonds. The molecule has 1 aromatic rings. The average Bonchev–Trinajstić information content (AvgIpc) is 3.39. The monoisotopic (exact) mass is 517 g/mol. The maximum Gasteiger partial charge on any atom is 0.307 e. The maximum absolute atomic E-state index is 13.6. The van der Waals surface area contributed by atoms with Crippen molar-refractivity contribution >= 4 is 27.7 Å². The summed E-state index contributed by atoms with van der Waals surface area (Å²) in [6.07, 6.45) is 9.06. The topological polar surface area (TPSA) is 131 Å². The molecule has 2 unspecified atom stereocenters. The Labute approximate surface area is 212 Å². The number of Topliss-reactive ketones (excluding diaryl/α,β-unsaturated/α-hetero) is 1. The number of hydrogen-bond acceptors (Lipinski definition) is 7. The number of allylic oxidation sites excluding steroid dienone is 4. The highest BCUT2D eigenvalue weighted by atomic mass is 32.2. The van der Waals surface area contributed by atoms with Gasteiger partial charge < -0.3 is 15.4 Å². The molecule has 0 bridgehead atoms. The zero-order chi connectivity index (χ0) is 26.2. The van der Waals surface area contributed by atoms with E-state index >= 15 is 0 Å². The molecule has 10 heteroatoms. The summed E-state index contributed by atoms with van der Waals surface area (Å²) in [4.78, 5) is 38.6. The summed E-state index contributed by atoms with van der Waals surface area (Å²) in [6.45, 7) is 4.49. The Balaban J connectivity index is 1.86. The first-order valence-corrected chi connectivity index (χ1v) is 13.8. The highest BCUT2D eigenvalue weighted by Crippen LogP contribution is 2.37. The number of aryl methyl sites for hydroxylation is 1. The molecule has 2 aliphatic rings.